The van der Waals surface area contributed by atoms with E-state index < -0.39 is 0 Å². The quantitative estimate of drug-likeness (QED) is 0.557. The number of likely N-dealkylation sites (tertiary alicyclic amines) is 1. The number of carbonyl (C=O) groups is 1. The van der Waals surface area contributed by atoms with E-state index in [-0.39, 0.29) is 5.91 Å². The summed E-state index contributed by atoms with van der Waals surface area (Å²) in [6, 6.07) is 17.9. The van der Waals surface area contributed by atoms with Crippen LogP contribution in [0.25, 0.3) is 22.2 Å². The molecule has 1 fully saturated rings. The molecular weight excluding hydrogens is 388 g/mol. The second-order valence-corrected chi connectivity index (χ2v) is 7.97. The molecule has 1 aliphatic rings. The minimum Gasteiger partial charge on any atom is -0.339 e. The number of benzene rings is 2. The van der Waals surface area contributed by atoms with Gasteiger partial charge in [-0.15, -0.1) is 0 Å². The number of halogens is 1. The lowest BCUT2D eigenvalue weighted by molar-refractivity contribution is 0.0699. The highest BCUT2D eigenvalue weighted by molar-refractivity contribution is 9.10. The molecule has 0 radical (unpaired) electrons. The number of pyridine rings is 1. The lowest BCUT2D eigenvalue weighted by atomic mass is 9.97. The molecule has 2 heterocycles. The molecule has 1 aliphatic heterocycles. The first-order chi connectivity index (χ1) is 12.6. The average molecular weight is 409 g/mol. The first kappa shape index (κ1) is 17.2. The van der Waals surface area contributed by atoms with Gasteiger partial charge in [0.15, 0.2) is 0 Å². The highest BCUT2D eigenvalue weighted by Gasteiger charge is 2.23. The van der Waals surface area contributed by atoms with Crippen LogP contribution in [0.1, 0.15) is 30.1 Å². The lowest BCUT2D eigenvalue weighted by Crippen LogP contribution is -2.38. The summed E-state index contributed by atoms with van der Waals surface area (Å²) in [7, 11) is 0. The van der Waals surface area contributed by atoms with Crippen molar-refractivity contribution in [2.75, 3.05) is 13.1 Å². The predicted molar refractivity (Wildman–Crippen MR) is 109 cm³/mol. The summed E-state index contributed by atoms with van der Waals surface area (Å²) in [4.78, 5) is 20.0. The summed E-state index contributed by atoms with van der Waals surface area (Å²) in [5, 5.41) is 0.928. The van der Waals surface area contributed by atoms with Gasteiger partial charge in [0.2, 0.25) is 0 Å². The number of para-hydroxylation sites is 1. The van der Waals surface area contributed by atoms with Crippen LogP contribution in [0.4, 0.5) is 0 Å². The second kappa shape index (κ2) is 7.20. The van der Waals surface area contributed by atoms with Gasteiger partial charge in [0, 0.05) is 28.5 Å². The Morgan fingerprint density at radius 3 is 2.50 bits per heavy atom. The molecule has 3 nitrogen and oxygen atoms in total. The molecule has 132 valence electrons. The Balaban J connectivity index is 1.79. The summed E-state index contributed by atoms with van der Waals surface area (Å²) in [6.07, 6.45) is 2.16. The molecule has 1 aromatic heterocycles. The van der Waals surface area contributed by atoms with Gasteiger partial charge in [0.25, 0.3) is 5.91 Å². The van der Waals surface area contributed by atoms with E-state index in [9.17, 15) is 4.79 Å². The van der Waals surface area contributed by atoms with Gasteiger partial charge in [-0.25, -0.2) is 4.98 Å². The Labute approximate surface area is 162 Å². The van der Waals surface area contributed by atoms with Crippen molar-refractivity contribution in [2.45, 2.75) is 19.8 Å². The van der Waals surface area contributed by atoms with E-state index in [0.717, 1.165) is 58.1 Å². The number of amides is 1. The van der Waals surface area contributed by atoms with Crippen molar-refractivity contribution in [2.24, 2.45) is 5.92 Å². The third-order valence-corrected chi connectivity index (χ3v) is 5.69. The summed E-state index contributed by atoms with van der Waals surface area (Å²) in [5.74, 6) is 0.820. The summed E-state index contributed by atoms with van der Waals surface area (Å²) < 4.78 is 1.03. The van der Waals surface area contributed by atoms with Crippen molar-refractivity contribution in [1.82, 2.24) is 9.88 Å². The van der Waals surface area contributed by atoms with Crippen LogP contribution < -0.4 is 0 Å². The lowest BCUT2D eigenvalue weighted by Gasteiger charge is -2.30. The molecule has 0 aliphatic carbocycles. The van der Waals surface area contributed by atoms with E-state index >= 15 is 0 Å². The van der Waals surface area contributed by atoms with Crippen LogP contribution in [0.3, 0.4) is 0 Å². The minimum absolute atomic E-state index is 0.119. The van der Waals surface area contributed by atoms with E-state index in [0.29, 0.717) is 5.92 Å². The van der Waals surface area contributed by atoms with Crippen LogP contribution in [0.5, 0.6) is 0 Å². The van der Waals surface area contributed by atoms with E-state index in [4.69, 9.17) is 4.98 Å². The number of fused-ring (bicyclic) bond motifs is 1. The van der Waals surface area contributed by atoms with Crippen LogP contribution in [-0.4, -0.2) is 28.9 Å². The maximum atomic E-state index is 13.2. The van der Waals surface area contributed by atoms with Crippen molar-refractivity contribution in [3.8, 4) is 11.3 Å². The molecule has 26 heavy (non-hydrogen) atoms. The van der Waals surface area contributed by atoms with Gasteiger partial charge in [-0.3, -0.25) is 4.79 Å². The minimum atomic E-state index is 0.119. The standard InChI is InChI=1S/C22H21BrN2O/c1-15-10-12-25(13-11-15)22(26)19-14-21(16-6-8-17(23)9-7-16)24-20-5-3-2-4-18(19)20/h2-9,14-15H,10-13H2,1H3. The highest BCUT2D eigenvalue weighted by Crippen LogP contribution is 2.28. The Morgan fingerprint density at radius 2 is 1.77 bits per heavy atom. The molecule has 0 N–H and O–H groups in total. The SMILES string of the molecule is CC1CCN(C(=O)c2cc(-c3ccc(Br)cc3)nc3ccccc23)CC1. The van der Waals surface area contributed by atoms with E-state index in [1.54, 1.807) is 0 Å². The number of nitrogens with zero attached hydrogens (tertiary/aromatic N) is 2. The monoisotopic (exact) mass is 408 g/mol. The highest BCUT2D eigenvalue weighted by atomic mass is 79.9. The maximum absolute atomic E-state index is 13.2. The van der Waals surface area contributed by atoms with Gasteiger partial charge in [0.1, 0.15) is 0 Å². The van der Waals surface area contributed by atoms with Gasteiger partial charge < -0.3 is 4.90 Å². The number of rotatable bonds is 2. The number of piperidine rings is 1. The Hall–Kier alpha value is -2.20. The normalized spacial score (nSPS) is 15.4. The third-order valence-electron chi connectivity index (χ3n) is 5.16. The molecular formula is C22H21BrN2O. The van der Waals surface area contributed by atoms with Crippen LogP contribution >= 0.6 is 15.9 Å². The van der Waals surface area contributed by atoms with Gasteiger partial charge in [0.05, 0.1) is 16.8 Å². The van der Waals surface area contributed by atoms with Crippen molar-refractivity contribution >= 4 is 32.7 Å². The Morgan fingerprint density at radius 1 is 1.08 bits per heavy atom. The van der Waals surface area contributed by atoms with E-state index in [2.05, 4.69) is 22.9 Å². The number of hydrogen-bond donors (Lipinski definition) is 0. The third kappa shape index (κ3) is 3.38. The fourth-order valence-electron chi connectivity index (χ4n) is 3.50. The number of hydrogen-bond acceptors (Lipinski definition) is 2. The van der Waals surface area contributed by atoms with Gasteiger partial charge in [-0.1, -0.05) is 53.2 Å². The van der Waals surface area contributed by atoms with Crippen molar-refractivity contribution < 1.29 is 4.79 Å². The topological polar surface area (TPSA) is 33.2 Å². The molecule has 1 saturated heterocycles. The zero-order chi connectivity index (χ0) is 18.1. The summed E-state index contributed by atoms with van der Waals surface area (Å²) >= 11 is 3.47. The zero-order valence-corrected chi connectivity index (χ0v) is 16.4. The van der Waals surface area contributed by atoms with Gasteiger partial charge in [-0.05, 0) is 43.0 Å². The van der Waals surface area contributed by atoms with E-state index in [1.165, 1.54) is 0 Å². The average Bonchev–Trinajstić information content (AvgIpc) is 2.68. The number of carbonyl (C=O) groups excluding carboxylic acids is 1. The first-order valence-electron chi connectivity index (χ1n) is 9.07. The van der Waals surface area contributed by atoms with Crippen LogP contribution in [0.2, 0.25) is 0 Å². The molecule has 4 rings (SSSR count). The fourth-order valence-corrected chi connectivity index (χ4v) is 3.77. The van der Waals surface area contributed by atoms with Gasteiger partial charge in [-0.2, -0.15) is 0 Å². The van der Waals surface area contributed by atoms with Gasteiger partial charge >= 0.3 is 0 Å². The second-order valence-electron chi connectivity index (χ2n) is 7.05. The molecule has 1 amide bonds. The predicted octanol–water partition coefficient (Wildman–Crippen LogP) is 5.54. The zero-order valence-electron chi connectivity index (χ0n) is 14.8. The van der Waals surface area contributed by atoms with Crippen LogP contribution in [0, 0.1) is 5.92 Å². The maximum Gasteiger partial charge on any atom is 0.254 e. The molecule has 4 heteroatoms. The molecule has 0 spiro atoms. The van der Waals surface area contributed by atoms with Crippen molar-refractivity contribution in [1.29, 1.82) is 0 Å². The summed E-state index contributed by atoms with van der Waals surface area (Å²) in [5.41, 5.74) is 3.47. The molecule has 0 bridgehead atoms. The van der Waals surface area contributed by atoms with Crippen LogP contribution in [0.15, 0.2) is 59.1 Å². The van der Waals surface area contributed by atoms with Crippen molar-refractivity contribution in [3.63, 3.8) is 0 Å². The molecule has 0 atom stereocenters. The first-order valence-corrected chi connectivity index (χ1v) is 9.86. The molecule has 0 saturated carbocycles. The summed E-state index contributed by atoms with van der Waals surface area (Å²) in [6.45, 7) is 3.93. The molecule has 0 unspecified atom stereocenters. The largest absolute Gasteiger partial charge is 0.339 e. The Kier molecular flexibility index (Phi) is 4.77. The van der Waals surface area contributed by atoms with Crippen molar-refractivity contribution in [3.05, 3.63) is 64.6 Å². The van der Waals surface area contributed by atoms with E-state index in [1.807, 2.05) is 59.5 Å². The Bertz CT molecular complexity index is 944. The molecule has 3 aromatic rings. The fraction of sp³-hybridized carbons (Fsp3) is 0.273. The van der Waals surface area contributed by atoms with Crippen LogP contribution in [-0.2, 0) is 0 Å². The number of aromatic nitrogens is 1. The smallest absolute Gasteiger partial charge is 0.254 e. The molecule has 2 aromatic carbocycles.